The monoisotopic (exact) mass is 394 g/mol. The predicted molar refractivity (Wildman–Crippen MR) is 114 cm³/mol. The van der Waals surface area contributed by atoms with Gasteiger partial charge >= 0.3 is 0 Å². The Morgan fingerprint density at radius 2 is 2.00 bits per heavy atom. The molecule has 0 amide bonds. The maximum absolute atomic E-state index is 6.25. The number of rotatable bonds is 6. The Bertz CT molecular complexity index is 1060. The number of fused-ring (bicyclic) bond motifs is 1. The summed E-state index contributed by atoms with van der Waals surface area (Å²) in [4.78, 5) is 9.76. The van der Waals surface area contributed by atoms with E-state index >= 15 is 0 Å². The molecule has 27 heavy (non-hydrogen) atoms. The Labute approximate surface area is 167 Å². The van der Waals surface area contributed by atoms with Crippen LogP contribution in [-0.4, -0.2) is 22.6 Å². The molecule has 2 heterocycles. The number of halogens is 1. The van der Waals surface area contributed by atoms with Crippen LogP contribution in [0.5, 0.6) is 0 Å². The molecule has 4 aromatic rings. The van der Waals surface area contributed by atoms with Gasteiger partial charge in [-0.25, -0.2) is 4.98 Å². The third-order valence-electron chi connectivity index (χ3n) is 4.33. The van der Waals surface area contributed by atoms with Crippen LogP contribution in [0.25, 0.3) is 21.2 Å². The number of benzene rings is 2. The van der Waals surface area contributed by atoms with Gasteiger partial charge in [0.2, 0.25) is 0 Å². The topological polar surface area (TPSA) is 63.8 Å². The molecule has 4 rings (SSSR count). The number of thiazole rings is 1. The Balaban J connectivity index is 1.40. The molecule has 3 N–H and O–H groups in total. The fraction of sp³-hybridized carbons (Fsp3) is 0.143. The second-order valence-electron chi connectivity index (χ2n) is 6.44. The number of anilines is 1. The average Bonchev–Trinajstić information content (AvgIpc) is 3.15. The third kappa shape index (κ3) is 4.45. The molecule has 0 spiro atoms. The van der Waals surface area contributed by atoms with E-state index in [9.17, 15) is 0 Å². The Kier molecular flexibility index (Phi) is 5.34. The first-order valence-corrected chi connectivity index (χ1v) is 9.91. The molecule has 2 aromatic heterocycles. The van der Waals surface area contributed by atoms with Gasteiger partial charge in [0.15, 0.2) is 5.13 Å². The van der Waals surface area contributed by atoms with Crippen molar-refractivity contribution < 1.29 is 0 Å². The zero-order valence-corrected chi connectivity index (χ0v) is 16.2. The molecule has 0 saturated carbocycles. The summed E-state index contributed by atoms with van der Waals surface area (Å²) in [6, 6.07) is 16.2. The van der Waals surface area contributed by atoms with E-state index < -0.39 is 0 Å². The maximum atomic E-state index is 6.25. The van der Waals surface area contributed by atoms with Gasteiger partial charge in [-0.3, -0.25) is 4.98 Å². The highest BCUT2D eigenvalue weighted by molar-refractivity contribution is 7.18. The number of aromatic nitrogens is 2. The molecule has 0 unspecified atom stereocenters. The molecule has 1 atom stereocenters. The van der Waals surface area contributed by atoms with Crippen LogP contribution >= 0.6 is 22.9 Å². The smallest absolute Gasteiger partial charge is 0.183 e. The van der Waals surface area contributed by atoms with E-state index in [1.54, 1.807) is 11.3 Å². The quantitative estimate of drug-likeness (QED) is 0.483. The second kappa shape index (κ2) is 8.05. The lowest BCUT2D eigenvalue weighted by Crippen LogP contribution is -2.31. The number of pyridine rings is 1. The van der Waals surface area contributed by atoms with Crippen LogP contribution in [0.4, 0.5) is 5.13 Å². The fourth-order valence-electron chi connectivity index (χ4n) is 2.98. The predicted octanol–water partition coefficient (Wildman–Crippen LogP) is 4.99. The van der Waals surface area contributed by atoms with Gasteiger partial charge in [0, 0.05) is 41.6 Å². The number of hydrogen-bond acceptors (Lipinski definition) is 5. The summed E-state index contributed by atoms with van der Waals surface area (Å²) in [6.45, 7) is 0.656. The summed E-state index contributed by atoms with van der Waals surface area (Å²) < 4.78 is 0. The minimum Gasteiger partial charge on any atom is -0.360 e. The summed E-state index contributed by atoms with van der Waals surface area (Å²) in [6.07, 6.45) is 6.36. The number of hydrogen-bond donors (Lipinski definition) is 2. The van der Waals surface area contributed by atoms with Crippen molar-refractivity contribution in [1.82, 2.24) is 9.97 Å². The van der Waals surface area contributed by atoms with Crippen molar-refractivity contribution in [3.8, 4) is 10.4 Å². The first-order chi connectivity index (χ1) is 13.2. The van der Waals surface area contributed by atoms with E-state index in [1.807, 2.05) is 48.9 Å². The Morgan fingerprint density at radius 3 is 2.89 bits per heavy atom. The van der Waals surface area contributed by atoms with Gasteiger partial charge in [0.25, 0.3) is 0 Å². The highest BCUT2D eigenvalue weighted by Gasteiger charge is 2.08. The lowest BCUT2D eigenvalue weighted by molar-refractivity contribution is 0.699. The lowest BCUT2D eigenvalue weighted by Gasteiger charge is -2.12. The summed E-state index contributed by atoms with van der Waals surface area (Å²) in [5.41, 5.74) is 8.55. The van der Waals surface area contributed by atoms with Crippen LogP contribution in [0.15, 0.2) is 67.1 Å². The van der Waals surface area contributed by atoms with E-state index in [-0.39, 0.29) is 6.04 Å². The normalized spacial score (nSPS) is 12.2. The molecule has 4 nitrogen and oxygen atoms in total. The fourth-order valence-corrected chi connectivity index (χ4v) is 4.02. The summed E-state index contributed by atoms with van der Waals surface area (Å²) >= 11 is 7.66. The Hall–Kier alpha value is -2.47. The van der Waals surface area contributed by atoms with Crippen LogP contribution in [-0.2, 0) is 6.42 Å². The standard InChI is InChI=1S/C21H19ClN4S/c22-18-3-1-2-14(8-18)9-19(23)12-25-21-26-13-20(27-21)16-4-5-17-11-24-7-6-15(17)10-16/h1-8,10-11,13,19H,9,12,23H2,(H,25,26)/t19-/m1/s1. The number of nitrogens with two attached hydrogens (primary N) is 1. The molecular weight excluding hydrogens is 376 g/mol. The molecule has 0 aliphatic rings. The Morgan fingerprint density at radius 1 is 1.07 bits per heavy atom. The highest BCUT2D eigenvalue weighted by Crippen LogP contribution is 2.30. The molecule has 2 aromatic carbocycles. The van der Waals surface area contributed by atoms with Gasteiger partial charge in [-0.2, -0.15) is 0 Å². The van der Waals surface area contributed by atoms with Crippen LogP contribution < -0.4 is 11.1 Å². The van der Waals surface area contributed by atoms with E-state index in [2.05, 4.69) is 33.5 Å². The first-order valence-electron chi connectivity index (χ1n) is 8.71. The highest BCUT2D eigenvalue weighted by atomic mass is 35.5. The first kappa shape index (κ1) is 17.9. The van der Waals surface area contributed by atoms with Crippen molar-refractivity contribution in [1.29, 1.82) is 0 Å². The number of nitrogens with zero attached hydrogens (tertiary/aromatic N) is 2. The van der Waals surface area contributed by atoms with Crippen molar-refractivity contribution in [2.45, 2.75) is 12.5 Å². The van der Waals surface area contributed by atoms with Gasteiger partial charge in [0.05, 0.1) is 4.88 Å². The van der Waals surface area contributed by atoms with E-state index in [1.165, 1.54) is 5.39 Å². The van der Waals surface area contributed by atoms with Crippen molar-refractivity contribution >= 4 is 38.8 Å². The third-order valence-corrected chi connectivity index (χ3v) is 5.57. The zero-order valence-electron chi connectivity index (χ0n) is 14.6. The van der Waals surface area contributed by atoms with Gasteiger partial charge in [-0.05, 0) is 47.2 Å². The maximum Gasteiger partial charge on any atom is 0.183 e. The summed E-state index contributed by atoms with van der Waals surface area (Å²) in [5, 5.41) is 7.27. The molecule has 136 valence electrons. The van der Waals surface area contributed by atoms with E-state index in [4.69, 9.17) is 17.3 Å². The molecular formula is C21H19ClN4S. The number of nitrogens with one attached hydrogen (secondary N) is 1. The van der Waals surface area contributed by atoms with Crippen molar-refractivity contribution in [3.05, 3.63) is 77.7 Å². The van der Waals surface area contributed by atoms with E-state index in [0.29, 0.717) is 6.54 Å². The van der Waals surface area contributed by atoms with Gasteiger partial charge < -0.3 is 11.1 Å². The molecule has 0 bridgehead atoms. The molecule has 0 saturated heterocycles. The second-order valence-corrected chi connectivity index (χ2v) is 7.91. The van der Waals surface area contributed by atoms with Gasteiger partial charge in [0.1, 0.15) is 0 Å². The molecule has 0 aliphatic heterocycles. The minimum atomic E-state index is -0.0102. The minimum absolute atomic E-state index is 0.0102. The SMILES string of the molecule is N[C@@H](CNc1ncc(-c2ccc3cnccc3c2)s1)Cc1cccc(Cl)c1. The summed E-state index contributed by atoms with van der Waals surface area (Å²) in [5.74, 6) is 0. The van der Waals surface area contributed by atoms with Gasteiger partial charge in [-0.1, -0.05) is 47.2 Å². The lowest BCUT2D eigenvalue weighted by atomic mass is 10.1. The molecule has 6 heteroatoms. The van der Waals surface area contributed by atoms with E-state index in [0.717, 1.165) is 38.0 Å². The molecule has 0 radical (unpaired) electrons. The average molecular weight is 395 g/mol. The van der Waals surface area contributed by atoms with Crippen molar-refractivity contribution in [2.24, 2.45) is 5.73 Å². The zero-order chi connectivity index (χ0) is 18.6. The van der Waals surface area contributed by atoms with Crippen LogP contribution in [0.3, 0.4) is 0 Å². The van der Waals surface area contributed by atoms with Crippen molar-refractivity contribution in [3.63, 3.8) is 0 Å². The molecule has 0 fully saturated rings. The molecule has 0 aliphatic carbocycles. The van der Waals surface area contributed by atoms with Crippen molar-refractivity contribution in [2.75, 3.05) is 11.9 Å². The van der Waals surface area contributed by atoms with Crippen LogP contribution in [0.2, 0.25) is 5.02 Å². The van der Waals surface area contributed by atoms with Crippen LogP contribution in [0, 0.1) is 0 Å². The van der Waals surface area contributed by atoms with Gasteiger partial charge in [-0.15, -0.1) is 0 Å². The summed E-state index contributed by atoms with van der Waals surface area (Å²) in [7, 11) is 0. The van der Waals surface area contributed by atoms with Crippen LogP contribution in [0.1, 0.15) is 5.56 Å². The largest absolute Gasteiger partial charge is 0.360 e.